The first-order valence-corrected chi connectivity index (χ1v) is 6.40. The van der Waals surface area contributed by atoms with Crippen LogP contribution in [-0.2, 0) is 13.6 Å². The van der Waals surface area contributed by atoms with Crippen LogP contribution in [0, 0.1) is 13.8 Å². The predicted octanol–water partition coefficient (Wildman–Crippen LogP) is 2.43. The van der Waals surface area contributed by atoms with Crippen molar-refractivity contribution in [1.29, 1.82) is 0 Å². The zero-order valence-electron chi connectivity index (χ0n) is 12.2. The first-order chi connectivity index (χ1) is 9.08. The summed E-state index contributed by atoms with van der Waals surface area (Å²) < 4.78 is 7.61. The quantitative estimate of drug-likeness (QED) is 0.916. The van der Waals surface area contributed by atoms with Crippen LogP contribution < -0.4 is 10.1 Å². The molecular formula is C15H21N3O. The first kappa shape index (κ1) is 13.6. The second-order valence-electron chi connectivity index (χ2n) is 4.75. The van der Waals surface area contributed by atoms with E-state index in [1.54, 1.807) is 7.11 Å². The van der Waals surface area contributed by atoms with E-state index >= 15 is 0 Å². The Kier molecular flexibility index (Phi) is 3.90. The third-order valence-corrected chi connectivity index (χ3v) is 3.35. The molecule has 0 fully saturated rings. The molecule has 4 nitrogen and oxygen atoms in total. The van der Waals surface area contributed by atoms with Crippen molar-refractivity contribution in [3.63, 3.8) is 0 Å². The summed E-state index contributed by atoms with van der Waals surface area (Å²) in [7, 11) is 5.68. The van der Waals surface area contributed by atoms with Crippen LogP contribution in [0.3, 0.4) is 0 Å². The largest absolute Gasteiger partial charge is 0.496 e. The Balaban J connectivity index is 2.66. The van der Waals surface area contributed by atoms with Gasteiger partial charge in [0.1, 0.15) is 11.6 Å². The summed E-state index contributed by atoms with van der Waals surface area (Å²) in [6.45, 7) is 4.85. The van der Waals surface area contributed by atoms with Gasteiger partial charge in [-0.1, -0.05) is 11.6 Å². The lowest BCUT2D eigenvalue weighted by Gasteiger charge is -2.12. The molecule has 0 unspecified atom stereocenters. The smallest absolute Gasteiger partial charge is 0.128 e. The van der Waals surface area contributed by atoms with Gasteiger partial charge in [-0.05, 0) is 33.0 Å². The zero-order valence-corrected chi connectivity index (χ0v) is 12.2. The Labute approximate surface area is 114 Å². The lowest BCUT2D eigenvalue weighted by molar-refractivity contribution is 0.416. The van der Waals surface area contributed by atoms with Crippen molar-refractivity contribution >= 4 is 0 Å². The van der Waals surface area contributed by atoms with Crippen LogP contribution in [0.4, 0.5) is 0 Å². The van der Waals surface area contributed by atoms with Crippen molar-refractivity contribution in [1.82, 2.24) is 14.9 Å². The maximum absolute atomic E-state index is 5.49. The predicted molar refractivity (Wildman–Crippen MR) is 77.4 cm³/mol. The molecule has 0 spiro atoms. The van der Waals surface area contributed by atoms with Gasteiger partial charge in [0.25, 0.3) is 0 Å². The molecule has 1 N–H and O–H groups in total. The van der Waals surface area contributed by atoms with Gasteiger partial charge in [0.05, 0.1) is 18.5 Å². The van der Waals surface area contributed by atoms with Gasteiger partial charge in [0.15, 0.2) is 0 Å². The van der Waals surface area contributed by atoms with Crippen molar-refractivity contribution < 1.29 is 4.74 Å². The van der Waals surface area contributed by atoms with Gasteiger partial charge in [-0.2, -0.15) is 0 Å². The average Bonchev–Trinajstić information content (AvgIpc) is 2.65. The molecule has 4 heteroatoms. The molecule has 0 bridgehead atoms. The van der Waals surface area contributed by atoms with E-state index in [0.29, 0.717) is 0 Å². The van der Waals surface area contributed by atoms with Gasteiger partial charge >= 0.3 is 0 Å². The SMILES string of the molecule is CNCc1nc(C)n(C)c1-c1cc(C)ccc1OC. The van der Waals surface area contributed by atoms with E-state index in [9.17, 15) is 0 Å². The highest BCUT2D eigenvalue weighted by molar-refractivity contribution is 5.71. The molecule has 2 rings (SSSR count). The highest BCUT2D eigenvalue weighted by Crippen LogP contribution is 2.33. The maximum Gasteiger partial charge on any atom is 0.128 e. The molecule has 0 atom stereocenters. The summed E-state index contributed by atoms with van der Waals surface area (Å²) in [6.07, 6.45) is 0. The molecule has 0 saturated heterocycles. The van der Waals surface area contributed by atoms with Crippen molar-refractivity contribution in [3.8, 4) is 17.0 Å². The van der Waals surface area contributed by atoms with Crippen LogP contribution in [-0.4, -0.2) is 23.7 Å². The summed E-state index contributed by atoms with van der Waals surface area (Å²) in [5.41, 5.74) is 4.47. The standard InChI is InChI=1S/C15H21N3O/c1-10-6-7-14(19-5)12(8-10)15-13(9-16-3)17-11(2)18(15)4/h6-8,16H,9H2,1-5H3. The highest BCUT2D eigenvalue weighted by atomic mass is 16.5. The molecule has 0 aliphatic heterocycles. The van der Waals surface area contributed by atoms with Crippen molar-refractivity contribution in [3.05, 3.63) is 35.3 Å². The first-order valence-electron chi connectivity index (χ1n) is 6.40. The van der Waals surface area contributed by atoms with Gasteiger partial charge in [-0.15, -0.1) is 0 Å². The fraction of sp³-hybridized carbons (Fsp3) is 0.400. The van der Waals surface area contributed by atoms with Gasteiger partial charge in [0.2, 0.25) is 0 Å². The second kappa shape index (κ2) is 5.45. The summed E-state index contributed by atoms with van der Waals surface area (Å²) in [5.74, 6) is 1.88. The molecule has 0 aliphatic carbocycles. The maximum atomic E-state index is 5.49. The molecule has 0 aliphatic rings. The number of aryl methyl sites for hydroxylation is 2. The van der Waals surface area contributed by atoms with E-state index < -0.39 is 0 Å². The minimum Gasteiger partial charge on any atom is -0.496 e. The van der Waals surface area contributed by atoms with Crippen LogP contribution in [0.1, 0.15) is 17.1 Å². The Hall–Kier alpha value is -1.81. The number of nitrogens with zero attached hydrogens (tertiary/aromatic N) is 2. The molecular weight excluding hydrogens is 238 g/mol. The molecule has 1 aromatic heterocycles. The normalized spacial score (nSPS) is 10.8. The Bertz CT molecular complexity index is 587. The van der Waals surface area contributed by atoms with E-state index in [1.807, 2.05) is 27.1 Å². The zero-order chi connectivity index (χ0) is 14.0. The van der Waals surface area contributed by atoms with Crippen molar-refractivity contribution in [2.75, 3.05) is 14.2 Å². The van der Waals surface area contributed by atoms with E-state index in [1.165, 1.54) is 5.56 Å². The topological polar surface area (TPSA) is 39.1 Å². The molecule has 0 amide bonds. The number of rotatable bonds is 4. The number of hydrogen-bond acceptors (Lipinski definition) is 3. The van der Waals surface area contributed by atoms with Crippen molar-refractivity contribution in [2.24, 2.45) is 7.05 Å². The number of benzene rings is 1. The Morgan fingerprint density at radius 2 is 2.05 bits per heavy atom. The lowest BCUT2D eigenvalue weighted by Crippen LogP contribution is -2.07. The molecule has 1 aromatic carbocycles. The van der Waals surface area contributed by atoms with Gasteiger partial charge in [-0.25, -0.2) is 4.98 Å². The number of ether oxygens (including phenoxy) is 1. The number of nitrogens with one attached hydrogen (secondary N) is 1. The average molecular weight is 259 g/mol. The fourth-order valence-corrected chi connectivity index (χ4v) is 2.31. The molecule has 1 heterocycles. The third-order valence-electron chi connectivity index (χ3n) is 3.35. The molecule has 102 valence electrons. The Morgan fingerprint density at radius 3 is 2.68 bits per heavy atom. The van der Waals surface area contributed by atoms with Crippen LogP contribution in [0.2, 0.25) is 0 Å². The molecule has 2 aromatic rings. The number of methoxy groups -OCH3 is 1. The van der Waals surface area contributed by atoms with Gasteiger partial charge in [-0.3, -0.25) is 0 Å². The van der Waals surface area contributed by atoms with Crippen LogP contribution in [0.25, 0.3) is 11.3 Å². The Morgan fingerprint density at radius 1 is 1.32 bits per heavy atom. The fourth-order valence-electron chi connectivity index (χ4n) is 2.31. The highest BCUT2D eigenvalue weighted by Gasteiger charge is 2.17. The van der Waals surface area contributed by atoms with E-state index in [2.05, 4.69) is 33.9 Å². The minimum atomic E-state index is 0.744. The summed E-state index contributed by atoms with van der Waals surface area (Å²) in [6, 6.07) is 6.22. The minimum absolute atomic E-state index is 0.744. The van der Waals surface area contributed by atoms with E-state index in [0.717, 1.165) is 35.1 Å². The van der Waals surface area contributed by atoms with E-state index in [4.69, 9.17) is 4.74 Å². The summed E-state index contributed by atoms with van der Waals surface area (Å²) in [4.78, 5) is 4.63. The molecule has 0 radical (unpaired) electrons. The number of aromatic nitrogens is 2. The van der Waals surface area contributed by atoms with Crippen molar-refractivity contribution in [2.45, 2.75) is 20.4 Å². The van der Waals surface area contributed by atoms with Crippen LogP contribution in [0.15, 0.2) is 18.2 Å². The monoisotopic (exact) mass is 259 g/mol. The second-order valence-corrected chi connectivity index (χ2v) is 4.75. The summed E-state index contributed by atoms with van der Waals surface area (Å²) >= 11 is 0. The number of imidazole rings is 1. The molecule has 0 saturated carbocycles. The van der Waals surface area contributed by atoms with Crippen LogP contribution in [0.5, 0.6) is 5.75 Å². The van der Waals surface area contributed by atoms with E-state index in [-0.39, 0.29) is 0 Å². The van der Waals surface area contributed by atoms with Gasteiger partial charge in [0, 0.05) is 19.2 Å². The van der Waals surface area contributed by atoms with Crippen LogP contribution >= 0.6 is 0 Å². The summed E-state index contributed by atoms with van der Waals surface area (Å²) in [5, 5.41) is 3.17. The van der Waals surface area contributed by atoms with Gasteiger partial charge < -0.3 is 14.6 Å². The lowest BCUT2D eigenvalue weighted by atomic mass is 10.1. The number of hydrogen-bond donors (Lipinski definition) is 1. The molecule has 19 heavy (non-hydrogen) atoms. The third kappa shape index (κ3) is 2.49.